The number of ether oxygens (including phenoxy) is 1. The Labute approximate surface area is 260 Å². The number of aromatic nitrogens is 2. The number of nitrogens with one attached hydrogen (secondary N) is 1. The number of hydrogen-bond donors (Lipinski definition) is 1. The number of anilines is 1. The molecular weight excluding hydrogens is 569 g/mol. The van der Waals surface area contributed by atoms with E-state index in [0.29, 0.717) is 34.4 Å². The summed E-state index contributed by atoms with van der Waals surface area (Å²) in [6.07, 6.45) is -0.214. The minimum atomic E-state index is -0.363. The topological polar surface area (TPSA) is 75.8 Å². The van der Waals surface area contributed by atoms with Crippen LogP contribution in [0.25, 0.3) is 55.8 Å². The van der Waals surface area contributed by atoms with Crippen LogP contribution in [-0.2, 0) is 0 Å². The first kappa shape index (κ1) is 28.6. The molecule has 1 unspecified atom stereocenters. The summed E-state index contributed by atoms with van der Waals surface area (Å²) in [5.74, 6) is 0.442. The molecule has 45 heavy (non-hydrogen) atoms. The number of rotatable bonds is 6. The van der Waals surface area contributed by atoms with Crippen LogP contribution in [0.1, 0.15) is 22.1 Å². The summed E-state index contributed by atoms with van der Waals surface area (Å²) in [6, 6.07) is 22.3. The predicted octanol–water partition coefficient (Wildman–Crippen LogP) is 7.11. The van der Waals surface area contributed by atoms with Crippen molar-refractivity contribution in [2.45, 2.75) is 13.2 Å². The summed E-state index contributed by atoms with van der Waals surface area (Å²) in [5.41, 5.74) is 8.02. The molecule has 1 N–H and O–H groups in total. The molecule has 228 valence electrons. The zero-order valence-corrected chi connectivity index (χ0v) is 26.1. The molecule has 3 aromatic heterocycles. The Balaban J connectivity index is 1.45. The standard InChI is InChI=1S/C36H34FN5O3/c1-20-8-7-9-27-23(20)17-29-34-30(44-32(42(27)29)19-40(3)4)15-14-26(39-34)24-16-25-31(18-28(24)41(5)6)45-35(33(25)36(43)38-2)21-10-12-22(37)13-11-21/h7-18,32H,19H2,1-6H3,(H,38,43). The van der Waals surface area contributed by atoms with Crippen LogP contribution in [0.3, 0.4) is 0 Å². The van der Waals surface area contributed by atoms with Gasteiger partial charge in [-0.05, 0) is 81.2 Å². The van der Waals surface area contributed by atoms with Gasteiger partial charge in [0.15, 0.2) is 6.23 Å². The number of benzene rings is 3. The van der Waals surface area contributed by atoms with E-state index in [1.807, 2.05) is 57.4 Å². The molecule has 6 aromatic rings. The maximum absolute atomic E-state index is 13.7. The highest BCUT2D eigenvalue weighted by molar-refractivity contribution is 6.12. The molecule has 0 saturated heterocycles. The van der Waals surface area contributed by atoms with Crippen molar-refractivity contribution in [3.63, 3.8) is 0 Å². The van der Waals surface area contributed by atoms with Crippen molar-refractivity contribution in [3.05, 3.63) is 89.7 Å². The van der Waals surface area contributed by atoms with Crippen LogP contribution in [0.2, 0.25) is 0 Å². The number of furan rings is 1. The monoisotopic (exact) mass is 603 g/mol. The Hall–Kier alpha value is -5.15. The highest BCUT2D eigenvalue weighted by Crippen LogP contribution is 2.45. The molecule has 8 nitrogen and oxygen atoms in total. The van der Waals surface area contributed by atoms with E-state index in [0.717, 1.165) is 45.0 Å². The molecule has 4 heterocycles. The number of amides is 1. The van der Waals surface area contributed by atoms with Gasteiger partial charge < -0.3 is 28.8 Å². The van der Waals surface area contributed by atoms with Crippen LogP contribution >= 0.6 is 0 Å². The van der Waals surface area contributed by atoms with Gasteiger partial charge in [-0.1, -0.05) is 12.1 Å². The summed E-state index contributed by atoms with van der Waals surface area (Å²) in [6.45, 7) is 2.82. The van der Waals surface area contributed by atoms with Crippen molar-refractivity contribution < 1.29 is 18.3 Å². The van der Waals surface area contributed by atoms with Crippen molar-refractivity contribution in [2.75, 3.05) is 46.7 Å². The van der Waals surface area contributed by atoms with Crippen LogP contribution in [0, 0.1) is 12.7 Å². The van der Waals surface area contributed by atoms with Crippen LogP contribution in [0.4, 0.5) is 10.1 Å². The van der Waals surface area contributed by atoms with Crippen LogP contribution in [0.15, 0.2) is 77.2 Å². The van der Waals surface area contributed by atoms with Crippen molar-refractivity contribution in [1.29, 1.82) is 0 Å². The fraction of sp³-hybridized carbons (Fsp3) is 0.222. The molecular formula is C36H34FN5O3. The van der Waals surface area contributed by atoms with Crippen molar-refractivity contribution in [3.8, 4) is 39.7 Å². The van der Waals surface area contributed by atoms with Gasteiger partial charge in [0.25, 0.3) is 5.91 Å². The van der Waals surface area contributed by atoms with Crippen molar-refractivity contribution in [1.82, 2.24) is 19.8 Å². The summed E-state index contributed by atoms with van der Waals surface area (Å²) in [5, 5.41) is 4.55. The molecule has 0 bridgehead atoms. The third kappa shape index (κ3) is 4.71. The van der Waals surface area contributed by atoms with Crippen LogP contribution in [-0.4, -0.2) is 62.1 Å². The van der Waals surface area contributed by atoms with E-state index in [2.05, 4.69) is 46.0 Å². The Morgan fingerprint density at radius 3 is 2.49 bits per heavy atom. The lowest BCUT2D eigenvalue weighted by atomic mass is 10.00. The average Bonchev–Trinajstić information content (AvgIpc) is 3.60. The summed E-state index contributed by atoms with van der Waals surface area (Å²) < 4.78 is 28.9. The third-order valence-electron chi connectivity index (χ3n) is 8.40. The zero-order valence-electron chi connectivity index (χ0n) is 26.1. The van der Waals surface area contributed by atoms with E-state index in [9.17, 15) is 9.18 Å². The highest BCUT2D eigenvalue weighted by Gasteiger charge is 2.31. The molecule has 9 heteroatoms. The molecule has 1 atom stereocenters. The first-order valence-electron chi connectivity index (χ1n) is 14.8. The number of hydrogen-bond acceptors (Lipinski definition) is 6. The van der Waals surface area contributed by atoms with Crippen molar-refractivity contribution in [2.24, 2.45) is 0 Å². The van der Waals surface area contributed by atoms with Gasteiger partial charge in [0.1, 0.15) is 28.6 Å². The van der Waals surface area contributed by atoms with E-state index in [4.69, 9.17) is 14.1 Å². The third-order valence-corrected chi connectivity index (χ3v) is 8.40. The van der Waals surface area contributed by atoms with Gasteiger partial charge in [-0.3, -0.25) is 4.79 Å². The molecule has 0 fully saturated rings. The summed E-state index contributed by atoms with van der Waals surface area (Å²) in [4.78, 5) is 22.6. The molecule has 3 aromatic carbocycles. The summed E-state index contributed by atoms with van der Waals surface area (Å²) in [7, 11) is 9.59. The largest absolute Gasteiger partial charge is 0.466 e. The zero-order chi connectivity index (χ0) is 31.6. The Bertz CT molecular complexity index is 2110. The number of aryl methyl sites for hydroxylation is 1. The van der Waals surface area contributed by atoms with E-state index < -0.39 is 0 Å². The van der Waals surface area contributed by atoms with Gasteiger partial charge in [-0.25, -0.2) is 9.37 Å². The maximum atomic E-state index is 13.7. The number of halogens is 1. The highest BCUT2D eigenvalue weighted by atomic mass is 19.1. The lowest BCUT2D eigenvalue weighted by molar-refractivity contribution is 0.0963. The van der Waals surface area contributed by atoms with E-state index in [1.54, 1.807) is 19.2 Å². The minimum Gasteiger partial charge on any atom is -0.466 e. The smallest absolute Gasteiger partial charge is 0.255 e. The second-order valence-corrected chi connectivity index (χ2v) is 11.9. The van der Waals surface area contributed by atoms with Gasteiger partial charge in [0.05, 0.1) is 29.0 Å². The second-order valence-electron chi connectivity index (χ2n) is 11.9. The first-order valence-corrected chi connectivity index (χ1v) is 14.8. The molecule has 7 rings (SSSR count). The molecule has 0 saturated carbocycles. The first-order chi connectivity index (χ1) is 21.6. The Kier molecular flexibility index (Phi) is 6.85. The molecule has 0 radical (unpaired) electrons. The van der Waals surface area contributed by atoms with Crippen molar-refractivity contribution >= 4 is 33.5 Å². The van der Waals surface area contributed by atoms with Gasteiger partial charge >= 0.3 is 0 Å². The number of carbonyl (C=O) groups is 1. The minimum absolute atomic E-state index is 0.214. The lowest BCUT2D eigenvalue weighted by Crippen LogP contribution is -2.31. The normalized spacial score (nSPS) is 14.0. The fourth-order valence-corrected chi connectivity index (χ4v) is 6.26. The van der Waals surface area contributed by atoms with Crippen LogP contribution < -0.4 is 15.0 Å². The SMILES string of the molecule is CNC(=O)c1c(-c2ccc(F)cc2)oc2cc(N(C)C)c(-c3ccc4c(n3)-c3cc5c(C)cccc5n3C(CN(C)C)O4)cc12. The van der Waals surface area contributed by atoms with Gasteiger partial charge in [0, 0.05) is 54.8 Å². The van der Waals surface area contributed by atoms with Crippen LogP contribution in [0.5, 0.6) is 5.75 Å². The Morgan fingerprint density at radius 1 is 1.00 bits per heavy atom. The Morgan fingerprint density at radius 2 is 1.78 bits per heavy atom. The number of carbonyl (C=O) groups excluding carboxylic acids is 1. The lowest BCUT2D eigenvalue weighted by Gasteiger charge is -2.31. The molecule has 1 amide bonds. The number of likely N-dealkylation sites (N-methyl/N-ethyl adjacent to an activating group) is 1. The van der Waals surface area contributed by atoms with E-state index in [-0.39, 0.29) is 18.0 Å². The molecule has 0 spiro atoms. The number of fused-ring (bicyclic) bond motifs is 6. The predicted molar refractivity (Wildman–Crippen MR) is 176 cm³/mol. The molecule has 1 aliphatic heterocycles. The summed E-state index contributed by atoms with van der Waals surface area (Å²) >= 11 is 0. The molecule has 0 aliphatic carbocycles. The quantitative estimate of drug-likeness (QED) is 0.219. The average molecular weight is 604 g/mol. The fourth-order valence-electron chi connectivity index (χ4n) is 6.26. The van der Waals surface area contributed by atoms with Gasteiger partial charge in [0.2, 0.25) is 0 Å². The van der Waals surface area contributed by atoms with E-state index in [1.165, 1.54) is 17.7 Å². The van der Waals surface area contributed by atoms with Gasteiger partial charge in [-0.2, -0.15) is 0 Å². The molecule has 1 aliphatic rings. The number of pyridine rings is 1. The number of nitrogens with zero attached hydrogens (tertiary/aromatic N) is 4. The maximum Gasteiger partial charge on any atom is 0.255 e. The second kappa shape index (κ2) is 10.8. The van der Waals surface area contributed by atoms with E-state index >= 15 is 0 Å². The van der Waals surface area contributed by atoms with Gasteiger partial charge in [-0.15, -0.1) is 0 Å².